The first-order valence-corrected chi connectivity index (χ1v) is 15.2. The number of aliphatic hydroxyl groups is 1. The Hall–Kier alpha value is -4.33. The zero-order valence-corrected chi connectivity index (χ0v) is 26.1. The molecule has 9 nitrogen and oxygen atoms in total. The Morgan fingerprint density at radius 2 is 1.76 bits per heavy atom. The highest BCUT2D eigenvalue weighted by molar-refractivity contribution is 9.10. The minimum Gasteiger partial charge on any atom is -0.491 e. The lowest BCUT2D eigenvalue weighted by Gasteiger charge is -2.32. The normalized spacial score (nSPS) is 15.1. The van der Waals surface area contributed by atoms with E-state index in [1.54, 1.807) is 29.4 Å². The minimum absolute atomic E-state index is 0.0682. The van der Waals surface area contributed by atoms with E-state index >= 15 is 0 Å². The van der Waals surface area contributed by atoms with E-state index in [4.69, 9.17) is 9.84 Å². The highest BCUT2D eigenvalue weighted by Gasteiger charge is 2.28. The van der Waals surface area contributed by atoms with Crippen molar-refractivity contribution in [1.82, 2.24) is 20.0 Å². The van der Waals surface area contributed by atoms with Gasteiger partial charge in [-0.3, -0.25) is 9.69 Å². The molecule has 4 aromatic rings. The number of fused-ring (bicyclic) bond motifs is 2. The second-order valence-electron chi connectivity index (χ2n) is 10.9. The molecule has 0 bridgehead atoms. The van der Waals surface area contributed by atoms with Crippen molar-refractivity contribution >= 4 is 27.8 Å². The molecule has 0 radical (unpaired) electrons. The number of carboxylic acid groups (broad SMARTS) is 1. The lowest BCUT2D eigenvalue weighted by molar-refractivity contribution is 0.0501. The number of benzene rings is 3. The molecule has 1 atom stereocenters. The van der Waals surface area contributed by atoms with Gasteiger partial charge in [0.05, 0.1) is 34.4 Å². The smallest absolute Gasteiger partial charge is 0.338 e. The number of nitrogens with zero attached hydrogens (tertiary/aromatic N) is 4. The van der Waals surface area contributed by atoms with Crippen LogP contribution in [-0.4, -0.2) is 81.0 Å². The van der Waals surface area contributed by atoms with Crippen molar-refractivity contribution in [2.45, 2.75) is 25.5 Å². The Bertz CT molecular complexity index is 1730. The van der Waals surface area contributed by atoms with Crippen LogP contribution in [0.15, 0.2) is 71.5 Å². The Morgan fingerprint density at radius 1 is 0.978 bits per heavy atom. The maximum Gasteiger partial charge on any atom is 0.338 e. The molecule has 1 amide bonds. The van der Waals surface area contributed by atoms with Crippen LogP contribution in [-0.2, 0) is 19.4 Å². The number of halogens is 4. The fourth-order valence-electron chi connectivity index (χ4n) is 5.38. The van der Waals surface area contributed by atoms with Gasteiger partial charge in [-0.05, 0) is 62.8 Å². The van der Waals surface area contributed by atoms with Crippen LogP contribution in [0, 0.1) is 17.5 Å². The quantitative estimate of drug-likeness (QED) is 0.263. The first kappa shape index (κ1) is 33.0. The SMILES string of the molecule is O=C(O)c1cc(Br)c(F)cc1F.O=C1c2cc(Cc3ccnnc3)c(F)cc2OCCN1CC(O)CN1CCc2ccccc2C1. The van der Waals surface area contributed by atoms with Gasteiger partial charge in [0.2, 0.25) is 0 Å². The number of aromatic nitrogens is 2. The van der Waals surface area contributed by atoms with Crippen molar-refractivity contribution in [3.63, 3.8) is 0 Å². The first-order valence-electron chi connectivity index (χ1n) is 14.4. The summed E-state index contributed by atoms with van der Waals surface area (Å²) < 4.78 is 45.5. The minimum atomic E-state index is -1.42. The Morgan fingerprint density at radius 3 is 2.50 bits per heavy atom. The molecule has 0 saturated carbocycles. The van der Waals surface area contributed by atoms with Gasteiger partial charge in [0.15, 0.2) is 0 Å². The standard InChI is InChI=1S/C26H27FN4O3.C7H3BrF2O2/c27-24-13-25-23(12-21(24)11-18-5-7-28-29-14-18)26(33)31(9-10-34-25)17-22(32)16-30-8-6-19-3-1-2-4-20(19)15-30;8-4-1-3(7(11)12)5(9)2-6(4)10/h1-5,7,12-14,22,32H,6,8-11,15-17H2;1-2H,(H,11,12). The van der Waals surface area contributed by atoms with Gasteiger partial charge in [0, 0.05) is 50.9 Å². The van der Waals surface area contributed by atoms with Gasteiger partial charge in [0.1, 0.15) is 29.8 Å². The third kappa shape index (κ3) is 8.08. The maximum absolute atomic E-state index is 14.7. The van der Waals surface area contributed by atoms with Crippen LogP contribution in [0.1, 0.15) is 43.0 Å². The molecule has 0 spiro atoms. The lowest BCUT2D eigenvalue weighted by atomic mass is 9.99. The van der Waals surface area contributed by atoms with Crippen LogP contribution in [0.5, 0.6) is 5.75 Å². The number of hydrogen-bond acceptors (Lipinski definition) is 7. The van der Waals surface area contributed by atoms with Crippen molar-refractivity contribution < 1.29 is 37.7 Å². The summed E-state index contributed by atoms with van der Waals surface area (Å²) in [5, 5.41) is 26.8. The molecule has 2 N–H and O–H groups in total. The number of carbonyl (C=O) groups excluding carboxylic acids is 1. The molecule has 13 heteroatoms. The van der Waals surface area contributed by atoms with Crippen molar-refractivity contribution in [3.05, 3.63) is 122 Å². The molecular formula is C33H30BrF3N4O5. The van der Waals surface area contributed by atoms with E-state index in [0.29, 0.717) is 36.7 Å². The van der Waals surface area contributed by atoms with Gasteiger partial charge < -0.3 is 19.8 Å². The Labute approximate surface area is 271 Å². The third-order valence-electron chi connectivity index (χ3n) is 7.68. The van der Waals surface area contributed by atoms with Gasteiger partial charge in [-0.15, -0.1) is 0 Å². The van der Waals surface area contributed by atoms with Crippen LogP contribution in [0.3, 0.4) is 0 Å². The molecule has 2 aliphatic heterocycles. The van der Waals surface area contributed by atoms with Crippen molar-refractivity contribution in [3.8, 4) is 5.75 Å². The predicted molar refractivity (Wildman–Crippen MR) is 165 cm³/mol. The maximum atomic E-state index is 14.7. The highest BCUT2D eigenvalue weighted by Crippen LogP contribution is 2.28. The number of aliphatic hydroxyl groups excluding tert-OH is 1. The second-order valence-corrected chi connectivity index (χ2v) is 11.8. The highest BCUT2D eigenvalue weighted by atomic mass is 79.9. The Balaban J connectivity index is 0.000000293. The number of hydrogen-bond donors (Lipinski definition) is 2. The molecule has 2 aliphatic rings. The predicted octanol–water partition coefficient (Wildman–Crippen LogP) is 4.89. The van der Waals surface area contributed by atoms with Crippen LogP contribution in [0.2, 0.25) is 0 Å². The van der Waals surface area contributed by atoms with Crippen molar-refractivity contribution in [2.24, 2.45) is 0 Å². The number of ether oxygens (including phenoxy) is 1. The summed E-state index contributed by atoms with van der Waals surface area (Å²) in [6.45, 7) is 2.92. The summed E-state index contributed by atoms with van der Waals surface area (Å²) in [4.78, 5) is 27.4. The third-order valence-corrected chi connectivity index (χ3v) is 8.28. The van der Waals surface area contributed by atoms with Crippen molar-refractivity contribution in [1.29, 1.82) is 0 Å². The lowest BCUT2D eigenvalue weighted by Crippen LogP contribution is -2.44. The fourth-order valence-corrected chi connectivity index (χ4v) is 5.73. The zero-order chi connectivity index (χ0) is 32.8. The largest absolute Gasteiger partial charge is 0.491 e. The molecular weight excluding hydrogens is 669 g/mol. The van der Waals surface area contributed by atoms with Crippen molar-refractivity contribution in [2.75, 3.05) is 32.8 Å². The van der Waals surface area contributed by atoms with E-state index in [9.17, 15) is 27.9 Å². The summed E-state index contributed by atoms with van der Waals surface area (Å²) in [6, 6.07) is 14.4. The molecule has 1 unspecified atom stereocenters. The second kappa shape index (κ2) is 14.8. The van der Waals surface area contributed by atoms with Gasteiger partial charge >= 0.3 is 5.97 Å². The summed E-state index contributed by atoms with van der Waals surface area (Å²) >= 11 is 2.74. The summed E-state index contributed by atoms with van der Waals surface area (Å²) in [5.41, 5.74) is 3.59. The molecule has 0 aliphatic carbocycles. The van der Waals surface area contributed by atoms with E-state index in [1.807, 2.05) is 6.07 Å². The monoisotopic (exact) mass is 698 g/mol. The molecule has 6 rings (SSSR count). The summed E-state index contributed by atoms with van der Waals surface area (Å²) in [7, 11) is 0. The van der Waals surface area contributed by atoms with Crippen LogP contribution >= 0.6 is 15.9 Å². The zero-order valence-electron chi connectivity index (χ0n) is 24.5. The molecule has 46 heavy (non-hydrogen) atoms. The summed E-state index contributed by atoms with van der Waals surface area (Å²) in [6.07, 6.45) is 3.67. The molecule has 3 aromatic carbocycles. The van der Waals surface area contributed by atoms with Gasteiger partial charge in [-0.25, -0.2) is 18.0 Å². The number of amides is 1. The summed E-state index contributed by atoms with van der Waals surface area (Å²) in [5.74, 6) is -3.77. The number of rotatable bonds is 7. The van der Waals surface area contributed by atoms with E-state index in [0.717, 1.165) is 31.1 Å². The van der Waals surface area contributed by atoms with Crippen LogP contribution in [0.25, 0.3) is 0 Å². The average molecular weight is 700 g/mol. The fraction of sp³-hybridized carbons (Fsp3) is 0.273. The molecule has 3 heterocycles. The molecule has 0 fully saturated rings. The van der Waals surface area contributed by atoms with Gasteiger partial charge in [0.25, 0.3) is 5.91 Å². The number of carboxylic acids is 1. The number of β-amino-alcohol motifs (C(OH)–C–C–N with tert-alkyl or cyclic N) is 1. The number of carbonyl (C=O) groups is 2. The molecule has 240 valence electrons. The first-order chi connectivity index (χ1) is 22.1. The van der Waals surface area contributed by atoms with E-state index < -0.39 is 35.1 Å². The van der Waals surface area contributed by atoms with Gasteiger partial charge in [-0.1, -0.05) is 24.3 Å². The van der Waals surface area contributed by atoms with Crippen LogP contribution in [0.4, 0.5) is 13.2 Å². The van der Waals surface area contributed by atoms with Gasteiger partial charge in [-0.2, -0.15) is 10.2 Å². The average Bonchev–Trinajstić information content (AvgIpc) is 3.17. The number of aromatic carboxylic acids is 1. The topological polar surface area (TPSA) is 116 Å². The molecule has 0 saturated heterocycles. The Kier molecular flexibility index (Phi) is 10.7. The van der Waals surface area contributed by atoms with Crippen LogP contribution < -0.4 is 4.74 Å². The van der Waals surface area contributed by atoms with E-state index in [-0.39, 0.29) is 29.3 Å². The van der Waals surface area contributed by atoms with E-state index in [1.165, 1.54) is 17.2 Å². The van der Waals surface area contributed by atoms with E-state index in [2.05, 4.69) is 49.2 Å². The molecule has 1 aromatic heterocycles.